The molecule has 0 bridgehead atoms. The largest absolute Gasteiger partial charge is 0.310 e. The number of hydrogen-bond donors (Lipinski definition) is 1. The van der Waals surface area contributed by atoms with Gasteiger partial charge in [0.2, 0.25) is 0 Å². The molecule has 0 aliphatic heterocycles. The van der Waals surface area contributed by atoms with Gasteiger partial charge in [0.05, 0.1) is 0 Å². The van der Waals surface area contributed by atoms with E-state index >= 15 is 0 Å². The van der Waals surface area contributed by atoms with Gasteiger partial charge in [-0.25, -0.2) is 0 Å². The summed E-state index contributed by atoms with van der Waals surface area (Å²) >= 11 is 6.36. The van der Waals surface area contributed by atoms with Crippen molar-refractivity contribution in [2.75, 3.05) is 6.54 Å². The van der Waals surface area contributed by atoms with Crippen molar-refractivity contribution in [3.8, 4) is 0 Å². The fourth-order valence-electron chi connectivity index (χ4n) is 2.45. The van der Waals surface area contributed by atoms with E-state index in [1.165, 1.54) is 22.3 Å². The monoisotopic (exact) mass is 288 g/mol. The summed E-state index contributed by atoms with van der Waals surface area (Å²) in [5, 5.41) is 4.39. The van der Waals surface area contributed by atoms with E-state index in [9.17, 15) is 0 Å². The van der Waals surface area contributed by atoms with Crippen LogP contribution >= 0.6 is 11.6 Å². The van der Waals surface area contributed by atoms with Crippen LogP contribution in [0.4, 0.5) is 0 Å². The van der Waals surface area contributed by atoms with E-state index in [1.54, 1.807) is 0 Å². The maximum atomic E-state index is 6.36. The Bertz CT molecular complexity index is 581. The Morgan fingerprint density at radius 1 is 1.25 bits per heavy atom. The zero-order chi connectivity index (χ0) is 14.5. The summed E-state index contributed by atoms with van der Waals surface area (Å²) in [6.07, 6.45) is 4.65. The predicted molar refractivity (Wildman–Crippen MR) is 85.3 cm³/mol. The number of pyridine rings is 1. The van der Waals surface area contributed by atoms with Gasteiger partial charge in [-0.3, -0.25) is 4.98 Å². The average molecular weight is 289 g/mol. The zero-order valence-electron chi connectivity index (χ0n) is 12.3. The lowest BCUT2D eigenvalue weighted by Crippen LogP contribution is -2.24. The lowest BCUT2D eigenvalue weighted by molar-refractivity contribution is 0.547. The summed E-state index contributed by atoms with van der Waals surface area (Å²) < 4.78 is 0. The van der Waals surface area contributed by atoms with E-state index in [-0.39, 0.29) is 6.04 Å². The van der Waals surface area contributed by atoms with Gasteiger partial charge in [-0.05, 0) is 61.2 Å². The summed E-state index contributed by atoms with van der Waals surface area (Å²) in [7, 11) is 0. The molecule has 20 heavy (non-hydrogen) atoms. The van der Waals surface area contributed by atoms with Crippen molar-refractivity contribution < 1.29 is 0 Å². The molecule has 1 unspecified atom stereocenters. The van der Waals surface area contributed by atoms with E-state index in [1.807, 2.05) is 18.5 Å². The van der Waals surface area contributed by atoms with Crippen LogP contribution in [0, 0.1) is 13.8 Å². The number of likely N-dealkylation sites (N-methyl/N-ethyl adjacent to an activating group) is 1. The van der Waals surface area contributed by atoms with E-state index in [0.717, 1.165) is 18.0 Å². The third-order valence-electron chi connectivity index (χ3n) is 3.52. The van der Waals surface area contributed by atoms with E-state index in [4.69, 9.17) is 11.6 Å². The quantitative estimate of drug-likeness (QED) is 0.890. The fraction of sp³-hybridized carbons (Fsp3) is 0.353. The van der Waals surface area contributed by atoms with Gasteiger partial charge in [0.15, 0.2) is 0 Å². The summed E-state index contributed by atoms with van der Waals surface area (Å²) in [5.74, 6) is 0. The molecule has 0 saturated heterocycles. The molecule has 2 rings (SSSR count). The first-order chi connectivity index (χ1) is 9.61. The van der Waals surface area contributed by atoms with Gasteiger partial charge >= 0.3 is 0 Å². The second-order valence-corrected chi connectivity index (χ2v) is 5.55. The van der Waals surface area contributed by atoms with Crippen LogP contribution in [0.2, 0.25) is 5.02 Å². The minimum Gasteiger partial charge on any atom is -0.310 e. The standard InChI is InChI=1S/C17H21ClN2/c1-4-20-17(15-7-8-19-11-13(15)3)10-14-6-5-12(2)9-16(14)18/h5-9,11,17,20H,4,10H2,1-3H3. The van der Waals surface area contributed by atoms with Crippen LogP contribution in [0.3, 0.4) is 0 Å². The third kappa shape index (κ3) is 3.59. The molecule has 1 N–H and O–H groups in total. The number of hydrogen-bond acceptors (Lipinski definition) is 2. The summed E-state index contributed by atoms with van der Waals surface area (Å²) in [5.41, 5.74) is 4.87. The third-order valence-corrected chi connectivity index (χ3v) is 3.87. The second kappa shape index (κ2) is 6.87. The van der Waals surface area contributed by atoms with Crippen LogP contribution in [0.25, 0.3) is 0 Å². The van der Waals surface area contributed by atoms with Crippen molar-refractivity contribution in [2.45, 2.75) is 33.2 Å². The van der Waals surface area contributed by atoms with Gasteiger partial charge in [0.1, 0.15) is 0 Å². The van der Waals surface area contributed by atoms with Gasteiger partial charge in [-0.2, -0.15) is 0 Å². The van der Waals surface area contributed by atoms with Crippen molar-refractivity contribution >= 4 is 11.6 Å². The number of nitrogens with one attached hydrogen (secondary N) is 1. The Hall–Kier alpha value is -1.38. The van der Waals surface area contributed by atoms with Crippen molar-refractivity contribution in [1.29, 1.82) is 0 Å². The molecule has 2 nitrogen and oxygen atoms in total. The number of rotatable bonds is 5. The Balaban J connectivity index is 2.28. The summed E-state index contributed by atoms with van der Waals surface area (Å²) in [6.45, 7) is 7.21. The molecule has 3 heteroatoms. The zero-order valence-corrected chi connectivity index (χ0v) is 13.0. The molecule has 0 fully saturated rings. The first kappa shape index (κ1) is 15.0. The van der Waals surface area contributed by atoms with Crippen LogP contribution in [0.5, 0.6) is 0 Å². The Kier molecular flexibility index (Phi) is 5.16. The molecule has 1 aromatic carbocycles. The highest BCUT2D eigenvalue weighted by molar-refractivity contribution is 6.31. The summed E-state index contributed by atoms with van der Waals surface area (Å²) in [6, 6.07) is 8.62. The van der Waals surface area contributed by atoms with Gasteiger partial charge in [0.25, 0.3) is 0 Å². The van der Waals surface area contributed by atoms with E-state index in [2.05, 4.69) is 49.3 Å². The first-order valence-corrected chi connectivity index (χ1v) is 7.38. The van der Waals surface area contributed by atoms with Crippen molar-refractivity contribution in [3.05, 3.63) is 63.9 Å². The van der Waals surface area contributed by atoms with Gasteiger partial charge in [-0.15, -0.1) is 0 Å². The van der Waals surface area contributed by atoms with Gasteiger partial charge < -0.3 is 5.32 Å². The lowest BCUT2D eigenvalue weighted by atomic mass is 9.96. The number of halogens is 1. The first-order valence-electron chi connectivity index (χ1n) is 7.00. The summed E-state index contributed by atoms with van der Waals surface area (Å²) in [4.78, 5) is 4.17. The number of nitrogens with zero attached hydrogens (tertiary/aromatic N) is 1. The van der Waals surface area contributed by atoms with Crippen molar-refractivity contribution in [1.82, 2.24) is 10.3 Å². The topological polar surface area (TPSA) is 24.9 Å². The second-order valence-electron chi connectivity index (χ2n) is 5.14. The predicted octanol–water partition coefficient (Wildman–Crippen LogP) is 4.25. The van der Waals surface area contributed by atoms with Crippen LogP contribution in [0.1, 0.15) is 35.2 Å². The molecule has 1 aromatic heterocycles. The lowest BCUT2D eigenvalue weighted by Gasteiger charge is -2.21. The van der Waals surface area contributed by atoms with Gasteiger partial charge in [-0.1, -0.05) is 30.7 Å². The Labute approximate surface area is 126 Å². The molecule has 2 aromatic rings. The molecule has 0 saturated carbocycles. The van der Waals surface area contributed by atoms with Crippen LogP contribution < -0.4 is 5.32 Å². The smallest absolute Gasteiger partial charge is 0.0441 e. The molecule has 0 aliphatic rings. The molecule has 0 amide bonds. The average Bonchev–Trinajstić information content (AvgIpc) is 2.42. The maximum Gasteiger partial charge on any atom is 0.0441 e. The molecule has 0 aliphatic carbocycles. The number of aromatic nitrogens is 1. The van der Waals surface area contributed by atoms with Gasteiger partial charge in [0, 0.05) is 23.5 Å². The molecular formula is C17H21ClN2. The molecule has 0 radical (unpaired) electrons. The minimum absolute atomic E-state index is 0.267. The van der Waals surface area contributed by atoms with Crippen molar-refractivity contribution in [2.24, 2.45) is 0 Å². The van der Waals surface area contributed by atoms with Crippen LogP contribution in [-0.4, -0.2) is 11.5 Å². The highest BCUT2D eigenvalue weighted by Gasteiger charge is 2.15. The highest BCUT2D eigenvalue weighted by atomic mass is 35.5. The SMILES string of the molecule is CCNC(Cc1ccc(C)cc1Cl)c1ccncc1C. The Morgan fingerprint density at radius 3 is 2.70 bits per heavy atom. The van der Waals surface area contributed by atoms with Crippen LogP contribution in [-0.2, 0) is 6.42 Å². The fourth-order valence-corrected chi connectivity index (χ4v) is 2.76. The van der Waals surface area contributed by atoms with E-state index < -0.39 is 0 Å². The van der Waals surface area contributed by atoms with E-state index in [0.29, 0.717) is 0 Å². The minimum atomic E-state index is 0.267. The molecule has 1 atom stereocenters. The molecule has 0 spiro atoms. The van der Waals surface area contributed by atoms with Crippen LogP contribution in [0.15, 0.2) is 36.7 Å². The molecular weight excluding hydrogens is 268 g/mol. The number of benzene rings is 1. The molecule has 106 valence electrons. The maximum absolute atomic E-state index is 6.36. The number of aryl methyl sites for hydroxylation is 2. The van der Waals surface area contributed by atoms with Crippen molar-refractivity contribution in [3.63, 3.8) is 0 Å². The normalized spacial score (nSPS) is 12.4. The Morgan fingerprint density at radius 2 is 2.05 bits per heavy atom. The highest BCUT2D eigenvalue weighted by Crippen LogP contribution is 2.25. The molecule has 1 heterocycles.